The Kier molecular flexibility index (Phi) is 2.28. The second-order valence-corrected chi connectivity index (χ2v) is 2.05. The fourth-order valence-corrected chi connectivity index (χ4v) is 0.713. The summed E-state index contributed by atoms with van der Waals surface area (Å²) in [6.45, 7) is 0.723. The normalized spacial score (nSPS) is 9.80. The average molecular weight is 141 g/mol. The maximum atomic E-state index is 8.44. The molecule has 0 saturated heterocycles. The van der Waals surface area contributed by atoms with Crippen molar-refractivity contribution in [2.24, 2.45) is 7.05 Å². The van der Waals surface area contributed by atoms with Crippen LogP contribution in [0.2, 0.25) is 0 Å². The number of aliphatic hydroxyl groups is 1. The van der Waals surface area contributed by atoms with Gasteiger partial charge in [-0.2, -0.15) is 5.10 Å². The molecule has 1 aromatic rings. The molecule has 0 aliphatic carbocycles. The molecule has 4 nitrogen and oxygen atoms in total. The maximum Gasteiger partial charge on any atom is 0.0727 e. The molecule has 0 aliphatic rings. The van der Waals surface area contributed by atoms with E-state index in [4.69, 9.17) is 5.11 Å². The Morgan fingerprint density at radius 2 is 2.60 bits per heavy atom. The van der Waals surface area contributed by atoms with E-state index < -0.39 is 0 Å². The van der Waals surface area contributed by atoms with Crippen molar-refractivity contribution in [1.29, 1.82) is 0 Å². The predicted molar refractivity (Wildman–Crippen MR) is 38.8 cm³/mol. The third-order valence-corrected chi connectivity index (χ3v) is 1.15. The fourth-order valence-electron chi connectivity index (χ4n) is 0.713. The zero-order valence-electron chi connectivity index (χ0n) is 5.91. The van der Waals surface area contributed by atoms with Crippen molar-refractivity contribution in [2.75, 3.05) is 18.5 Å². The van der Waals surface area contributed by atoms with E-state index in [0.29, 0.717) is 6.54 Å². The highest BCUT2D eigenvalue weighted by Crippen LogP contribution is 2.01. The van der Waals surface area contributed by atoms with E-state index in [1.807, 2.05) is 13.2 Å². The lowest BCUT2D eigenvalue weighted by Gasteiger charge is -1.96. The number of rotatable bonds is 3. The first-order valence-corrected chi connectivity index (χ1v) is 3.16. The summed E-state index contributed by atoms with van der Waals surface area (Å²) < 4.78 is 1.71. The van der Waals surface area contributed by atoms with Gasteiger partial charge in [-0.1, -0.05) is 0 Å². The molecule has 4 heteroatoms. The number of aliphatic hydroxyl groups excluding tert-OH is 1. The number of nitrogens with one attached hydrogen (secondary N) is 1. The smallest absolute Gasteiger partial charge is 0.0727 e. The third kappa shape index (κ3) is 1.73. The van der Waals surface area contributed by atoms with Gasteiger partial charge in [0.1, 0.15) is 0 Å². The van der Waals surface area contributed by atoms with Crippen LogP contribution < -0.4 is 5.32 Å². The quantitative estimate of drug-likeness (QED) is 0.614. The van der Waals surface area contributed by atoms with Crippen LogP contribution in [0.1, 0.15) is 0 Å². The van der Waals surface area contributed by atoms with E-state index in [1.165, 1.54) is 0 Å². The van der Waals surface area contributed by atoms with Crippen LogP contribution in [-0.2, 0) is 7.05 Å². The van der Waals surface area contributed by atoms with Crippen LogP contribution in [-0.4, -0.2) is 28.0 Å². The summed E-state index contributed by atoms with van der Waals surface area (Å²) in [6.07, 6.45) is 3.57. The molecule has 0 fully saturated rings. The first-order valence-electron chi connectivity index (χ1n) is 3.16. The molecular weight excluding hydrogens is 130 g/mol. The number of hydrogen-bond acceptors (Lipinski definition) is 3. The molecule has 2 N–H and O–H groups in total. The molecule has 10 heavy (non-hydrogen) atoms. The summed E-state index contributed by atoms with van der Waals surface area (Å²) in [5.41, 5.74) is 0.941. The van der Waals surface area contributed by atoms with Crippen molar-refractivity contribution < 1.29 is 5.11 Å². The van der Waals surface area contributed by atoms with E-state index in [9.17, 15) is 0 Å². The zero-order valence-corrected chi connectivity index (χ0v) is 5.91. The lowest BCUT2D eigenvalue weighted by molar-refractivity contribution is 0.311. The average Bonchev–Trinajstić information content (AvgIpc) is 2.31. The first kappa shape index (κ1) is 7.08. The molecule has 0 atom stereocenters. The van der Waals surface area contributed by atoms with Crippen molar-refractivity contribution in [3.63, 3.8) is 0 Å². The van der Waals surface area contributed by atoms with Crippen LogP contribution in [0, 0.1) is 0 Å². The lowest BCUT2D eigenvalue weighted by atomic mass is 10.5. The van der Waals surface area contributed by atoms with E-state index in [-0.39, 0.29) is 6.61 Å². The number of anilines is 1. The number of nitrogens with zero attached hydrogens (tertiary/aromatic N) is 2. The van der Waals surface area contributed by atoms with Gasteiger partial charge in [-0.15, -0.1) is 0 Å². The van der Waals surface area contributed by atoms with Crippen molar-refractivity contribution in [2.45, 2.75) is 0 Å². The summed E-state index contributed by atoms with van der Waals surface area (Å²) in [7, 11) is 1.85. The molecule has 1 heterocycles. The minimum Gasteiger partial charge on any atom is -0.395 e. The van der Waals surface area contributed by atoms with E-state index >= 15 is 0 Å². The van der Waals surface area contributed by atoms with Gasteiger partial charge in [0.05, 0.1) is 18.5 Å². The Morgan fingerprint density at radius 1 is 1.80 bits per heavy atom. The highest BCUT2D eigenvalue weighted by atomic mass is 16.3. The van der Waals surface area contributed by atoms with Crippen LogP contribution in [0.4, 0.5) is 5.69 Å². The summed E-state index contributed by atoms with van der Waals surface area (Å²) >= 11 is 0. The molecule has 0 spiro atoms. The van der Waals surface area contributed by atoms with Crippen LogP contribution in [0.5, 0.6) is 0 Å². The molecule has 0 aliphatic heterocycles. The van der Waals surface area contributed by atoms with Gasteiger partial charge < -0.3 is 10.4 Å². The van der Waals surface area contributed by atoms with Crippen molar-refractivity contribution in [3.05, 3.63) is 12.4 Å². The molecule has 0 unspecified atom stereocenters. The Labute approximate surface area is 59.5 Å². The van der Waals surface area contributed by atoms with Crippen LogP contribution >= 0.6 is 0 Å². The monoisotopic (exact) mass is 141 g/mol. The predicted octanol–water partition coefficient (Wildman–Crippen LogP) is -0.176. The molecule has 0 aromatic carbocycles. The molecule has 0 saturated carbocycles. The topological polar surface area (TPSA) is 50.1 Å². The Morgan fingerprint density at radius 3 is 3.10 bits per heavy atom. The van der Waals surface area contributed by atoms with E-state index in [2.05, 4.69) is 10.4 Å². The van der Waals surface area contributed by atoms with Crippen LogP contribution in [0.15, 0.2) is 12.4 Å². The number of hydrogen-bond donors (Lipinski definition) is 2. The second kappa shape index (κ2) is 3.22. The Bertz CT molecular complexity index is 197. The SMILES string of the molecule is Cn1cc(NCCO)cn1. The zero-order chi connectivity index (χ0) is 7.40. The van der Waals surface area contributed by atoms with Crippen molar-refractivity contribution >= 4 is 5.69 Å². The molecule has 56 valence electrons. The standard InChI is InChI=1S/C6H11N3O/c1-9-5-6(4-8-9)7-2-3-10/h4-5,7,10H,2-3H2,1H3. The van der Waals surface area contributed by atoms with Gasteiger partial charge in [-0.05, 0) is 0 Å². The maximum absolute atomic E-state index is 8.44. The van der Waals surface area contributed by atoms with Crippen LogP contribution in [0.25, 0.3) is 0 Å². The highest BCUT2D eigenvalue weighted by molar-refractivity contribution is 5.37. The molecular formula is C6H11N3O. The van der Waals surface area contributed by atoms with E-state index in [1.54, 1.807) is 10.9 Å². The van der Waals surface area contributed by atoms with E-state index in [0.717, 1.165) is 5.69 Å². The Balaban J connectivity index is 2.42. The molecule has 0 bridgehead atoms. The summed E-state index contributed by atoms with van der Waals surface area (Å²) in [5, 5.41) is 15.4. The van der Waals surface area contributed by atoms with Crippen molar-refractivity contribution in [3.8, 4) is 0 Å². The Hall–Kier alpha value is -1.03. The molecule has 0 amide bonds. The molecule has 1 aromatic heterocycles. The van der Waals surface area contributed by atoms with Gasteiger partial charge in [0.15, 0.2) is 0 Å². The molecule has 1 rings (SSSR count). The lowest BCUT2D eigenvalue weighted by Crippen LogP contribution is -2.04. The number of aryl methyl sites for hydroxylation is 1. The van der Waals surface area contributed by atoms with Gasteiger partial charge >= 0.3 is 0 Å². The minimum atomic E-state index is 0.148. The molecule has 0 radical (unpaired) electrons. The highest BCUT2D eigenvalue weighted by Gasteiger charge is 1.91. The largest absolute Gasteiger partial charge is 0.395 e. The van der Waals surface area contributed by atoms with Gasteiger partial charge in [0, 0.05) is 19.8 Å². The minimum absolute atomic E-state index is 0.148. The van der Waals surface area contributed by atoms with Crippen molar-refractivity contribution in [1.82, 2.24) is 9.78 Å². The van der Waals surface area contributed by atoms with Gasteiger partial charge in [-0.25, -0.2) is 0 Å². The number of aromatic nitrogens is 2. The van der Waals surface area contributed by atoms with Gasteiger partial charge in [0.2, 0.25) is 0 Å². The van der Waals surface area contributed by atoms with Gasteiger partial charge in [0.25, 0.3) is 0 Å². The second-order valence-electron chi connectivity index (χ2n) is 2.05. The van der Waals surface area contributed by atoms with Gasteiger partial charge in [-0.3, -0.25) is 4.68 Å². The third-order valence-electron chi connectivity index (χ3n) is 1.15. The van der Waals surface area contributed by atoms with Crippen LogP contribution in [0.3, 0.4) is 0 Å². The summed E-state index contributed by atoms with van der Waals surface area (Å²) in [6, 6.07) is 0. The summed E-state index contributed by atoms with van der Waals surface area (Å²) in [5.74, 6) is 0. The summed E-state index contributed by atoms with van der Waals surface area (Å²) in [4.78, 5) is 0. The fraction of sp³-hybridized carbons (Fsp3) is 0.500. The first-order chi connectivity index (χ1) is 4.83.